The van der Waals surface area contributed by atoms with Crippen molar-refractivity contribution in [2.24, 2.45) is 0 Å². The van der Waals surface area contributed by atoms with Gasteiger partial charge in [0.15, 0.2) is 0 Å². The second kappa shape index (κ2) is 7.89. The number of benzene rings is 1. The van der Waals surface area contributed by atoms with Crippen LogP contribution < -0.4 is 10.2 Å². The van der Waals surface area contributed by atoms with Crippen LogP contribution in [0.2, 0.25) is 0 Å². The van der Waals surface area contributed by atoms with Crippen molar-refractivity contribution in [1.82, 2.24) is 10.2 Å². The van der Waals surface area contributed by atoms with E-state index in [1.165, 1.54) is 0 Å². The van der Waals surface area contributed by atoms with Crippen molar-refractivity contribution in [2.75, 3.05) is 23.8 Å². The highest BCUT2D eigenvalue weighted by atomic mass is 32.1. The predicted octanol–water partition coefficient (Wildman–Crippen LogP) is 3.13. The quantitative estimate of drug-likeness (QED) is 0.852. The maximum atomic E-state index is 12.2. The molecule has 0 aliphatic rings. The molecule has 1 heterocycles. The lowest BCUT2D eigenvalue weighted by atomic mass is 10.1. The normalized spacial score (nSPS) is 10.5. The molecule has 0 aliphatic carbocycles. The minimum Gasteiger partial charge on any atom is -0.340 e. The fourth-order valence-electron chi connectivity index (χ4n) is 2.14. The molecule has 1 N–H and O–H groups in total. The Morgan fingerprint density at radius 3 is 2.77 bits per heavy atom. The number of hydrogen-bond acceptors (Lipinski definition) is 5. The number of carbonyl (C=O) groups is 1. The van der Waals surface area contributed by atoms with Crippen LogP contribution in [0.4, 0.5) is 10.8 Å². The van der Waals surface area contributed by atoms with Crippen LogP contribution in [-0.4, -0.2) is 29.7 Å². The Morgan fingerprint density at radius 1 is 1.27 bits per heavy atom. The van der Waals surface area contributed by atoms with E-state index >= 15 is 0 Å². The van der Waals surface area contributed by atoms with Crippen molar-refractivity contribution < 1.29 is 4.79 Å². The summed E-state index contributed by atoms with van der Waals surface area (Å²) in [5.41, 5.74) is 2.02. The number of likely N-dealkylation sites (N-methyl/N-ethyl adjacent to an activating group) is 1. The van der Waals surface area contributed by atoms with Crippen molar-refractivity contribution in [3.8, 4) is 0 Å². The standard InChI is InChI=1S/C16H22N4OS/c1-4-8-15-18-19-16(22-15)20(3)11-14(21)17-13-10-7-6-9-12(13)5-2/h6-7,9-10H,4-5,8,11H2,1-3H3,(H,17,21). The van der Waals surface area contributed by atoms with Gasteiger partial charge in [0, 0.05) is 19.2 Å². The van der Waals surface area contributed by atoms with E-state index in [0.29, 0.717) is 0 Å². The molecule has 0 radical (unpaired) electrons. The largest absolute Gasteiger partial charge is 0.340 e. The smallest absolute Gasteiger partial charge is 0.243 e. The summed E-state index contributed by atoms with van der Waals surface area (Å²) in [5.74, 6) is -0.0457. The maximum Gasteiger partial charge on any atom is 0.243 e. The van der Waals surface area contributed by atoms with Crippen LogP contribution in [0.3, 0.4) is 0 Å². The Bertz CT molecular complexity index is 626. The average Bonchev–Trinajstić information content (AvgIpc) is 2.97. The van der Waals surface area contributed by atoms with Crippen molar-refractivity contribution in [3.63, 3.8) is 0 Å². The van der Waals surface area contributed by atoms with Gasteiger partial charge in [0.1, 0.15) is 5.01 Å². The molecule has 22 heavy (non-hydrogen) atoms. The number of aromatic nitrogens is 2. The Hall–Kier alpha value is -1.95. The second-order valence-corrected chi connectivity index (χ2v) is 6.18. The lowest BCUT2D eigenvalue weighted by Gasteiger charge is -2.15. The first kappa shape index (κ1) is 16.4. The van der Waals surface area contributed by atoms with E-state index in [-0.39, 0.29) is 12.5 Å². The fourth-order valence-corrected chi connectivity index (χ4v) is 3.04. The van der Waals surface area contributed by atoms with Crippen LogP contribution in [0.5, 0.6) is 0 Å². The number of aryl methyl sites for hydroxylation is 2. The molecule has 0 spiro atoms. The molecule has 1 amide bonds. The third-order valence-corrected chi connectivity index (χ3v) is 4.40. The molecule has 5 nitrogen and oxygen atoms in total. The van der Waals surface area contributed by atoms with E-state index < -0.39 is 0 Å². The van der Waals surface area contributed by atoms with Gasteiger partial charge >= 0.3 is 0 Å². The Balaban J connectivity index is 1.95. The number of rotatable bonds is 7. The lowest BCUT2D eigenvalue weighted by Crippen LogP contribution is -2.30. The van der Waals surface area contributed by atoms with Gasteiger partial charge < -0.3 is 10.2 Å². The zero-order valence-corrected chi connectivity index (χ0v) is 14.1. The lowest BCUT2D eigenvalue weighted by molar-refractivity contribution is -0.114. The van der Waals surface area contributed by atoms with Crippen LogP contribution in [0.25, 0.3) is 0 Å². The molecular formula is C16H22N4OS. The van der Waals surface area contributed by atoms with Crippen molar-refractivity contribution in [2.45, 2.75) is 33.1 Å². The number of nitrogens with zero attached hydrogens (tertiary/aromatic N) is 3. The third-order valence-electron chi connectivity index (χ3n) is 3.30. The maximum absolute atomic E-state index is 12.2. The summed E-state index contributed by atoms with van der Waals surface area (Å²) in [7, 11) is 1.86. The summed E-state index contributed by atoms with van der Waals surface area (Å²) in [6, 6.07) is 7.87. The summed E-state index contributed by atoms with van der Waals surface area (Å²) in [5, 5.41) is 13.0. The molecule has 118 valence electrons. The number of para-hydroxylation sites is 1. The van der Waals surface area contributed by atoms with Gasteiger partial charge in [-0.25, -0.2) is 0 Å². The Labute approximate surface area is 135 Å². The molecule has 0 atom stereocenters. The second-order valence-electron chi connectivity index (χ2n) is 5.14. The predicted molar refractivity (Wildman–Crippen MR) is 91.6 cm³/mol. The SMILES string of the molecule is CCCc1nnc(N(C)CC(=O)Nc2ccccc2CC)s1. The summed E-state index contributed by atoms with van der Waals surface area (Å²) in [6.07, 6.45) is 2.87. The van der Waals surface area contributed by atoms with Gasteiger partial charge in [0.25, 0.3) is 0 Å². The van der Waals surface area contributed by atoms with Gasteiger partial charge in [-0.3, -0.25) is 4.79 Å². The van der Waals surface area contributed by atoms with Crippen LogP contribution in [0, 0.1) is 0 Å². The molecule has 2 rings (SSSR count). The van der Waals surface area contributed by atoms with Gasteiger partial charge in [0.2, 0.25) is 11.0 Å². The van der Waals surface area contributed by atoms with Gasteiger partial charge in [-0.05, 0) is 24.5 Å². The number of amides is 1. The van der Waals surface area contributed by atoms with E-state index in [4.69, 9.17) is 0 Å². The molecule has 0 saturated heterocycles. The van der Waals surface area contributed by atoms with Crippen LogP contribution in [-0.2, 0) is 17.6 Å². The molecule has 0 fully saturated rings. The topological polar surface area (TPSA) is 58.1 Å². The third kappa shape index (κ3) is 4.27. The fraction of sp³-hybridized carbons (Fsp3) is 0.438. The molecule has 6 heteroatoms. The molecule has 0 saturated carbocycles. The molecule has 0 unspecified atom stereocenters. The number of nitrogens with one attached hydrogen (secondary N) is 1. The van der Waals surface area contributed by atoms with E-state index in [2.05, 4.69) is 29.4 Å². The number of carbonyl (C=O) groups excluding carboxylic acids is 1. The number of anilines is 2. The first-order valence-corrected chi connectivity index (χ1v) is 8.37. The zero-order chi connectivity index (χ0) is 15.9. The van der Waals surface area contributed by atoms with Gasteiger partial charge in [0.05, 0.1) is 6.54 Å². The summed E-state index contributed by atoms with van der Waals surface area (Å²) in [6.45, 7) is 4.45. The highest BCUT2D eigenvalue weighted by Crippen LogP contribution is 2.20. The summed E-state index contributed by atoms with van der Waals surface area (Å²) >= 11 is 1.55. The van der Waals surface area contributed by atoms with E-state index in [1.807, 2.05) is 36.2 Å². The minimum absolute atomic E-state index is 0.0457. The first-order valence-electron chi connectivity index (χ1n) is 7.55. The average molecular weight is 318 g/mol. The highest BCUT2D eigenvalue weighted by Gasteiger charge is 2.13. The van der Waals surface area contributed by atoms with E-state index in [9.17, 15) is 4.79 Å². The van der Waals surface area contributed by atoms with Crippen molar-refractivity contribution in [3.05, 3.63) is 34.8 Å². The highest BCUT2D eigenvalue weighted by molar-refractivity contribution is 7.15. The number of hydrogen-bond donors (Lipinski definition) is 1. The van der Waals surface area contributed by atoms with Crippen LogP contribution >= 0.6 is 11.3 Å². The Kier molecular flexibility index (Phi) is 5.89. The van der Waals surface area contributed by atoms with Crippen LogP contribution in [0.15, 0.2) is 24.3 Å². The molecule has 1 aromatic heterocycles. The van der Waals surface area contributed by atoms with E-state index in [0.717, 1.165) is 40.7 Å². The van der Waals surface area contributed by atoms with Crippen molar-refractivity contribution >= 4 is 28.1 Å². The van der Waals surface area contributed by atoms with Gasteiger partial charge in [-0.1, -0.05) is 43.4 Å². The van der Waals surface area contributed by atoms with Gasteiger partial charge in [-0.15, -0.1) is 10.2 Å². The molecule has 0 aliphatic heterocycles. The molecular weight excluding hydrogens is 296 g/mol. The molecule has 2 aromatic rings. The summed E-state index contributed by atoms with van der Waals surface area (Å²) in [4.78, 5) is 14.0. The monoisotopic (exact) mass is 318 g/mol. The summed E-state index contributed by atoms with van der Waals surface area (Å²) < 4.78 is 0. The van der Waals surface area contributed by atoms with Crippen molar-refractivity contribution in [1.29, 1.82) is 0 Å². The minimum atomic E-state index is -0.0457. The Morgan fingerprint density at radius 2 is 2.05 bits per heavy atom. The zero-order valence-electron chi connectivity index (χ0n) is 13.3. The first-order chi connectivity index (χ1) is 10.6. The molecule has 0 bridgehead atoms. The van der Waals surface area contributed by atoms with E-state index in [1.54, 1.807) is 11.3 Å². The van der Waals surface area contributed by atoms with Gasteiger partial charge in [-0.2, -0.15) is 0 Å². The molecule has 1 aromatic carbocycles. The van der Waals surface area contributed by atoms with Crippen LogP contribution in [0.1, 0.15) is 30.8 Å².